The van der Waals surface area contributed by atoms with Crippen LogP contribution in [0, 0.1) is 11.7 Å². The van der Waals surface area contributed by atoms with Gasteiger partial charge in [-0.05, 0) is 24.6 Å². The van der Waals surface area contributed by atoms with Gasteiger partial charge >= 0.3 is 0 Å². The SMILES string of the molecule is NCC1CC(=O)N(c2ccc(O)c(F)c2)C1. The summed E-state index contributed by atoms with van der Waals surface area (Å²) in [6, 6.07) is 3.93. The van der Waals surface area contributed by atoms with Gasteiger partial charge in [-0.25, -0.2) is 4.39 Å². The van der Waals surface area contributed by atoms with Gasteiger partial charge in [-0.15, -0.1) is 0 Å². The van der Waals surface area contributed by atoms with Gasteiger partial charge in [0.05, 0.1) is 0 Å². The van der Waals surface area contributed by atoms with Crippen LogP contribution in [0.25, 0.3) is 0 Å². The predicted molar refractivity (Wildman–Crippen MR) is 57.6 cm³/mol. The van der Waals surface area contributed by atoms with E-state index in [2.05, 4.69) is 0 Å². The first-order valence-electron chi connectivity index (χ1n) is 5.10. The van der Waals surface area contributed by atoms with E-state index < -0.39 is 11.6 Å². The Morgan fingerprint density at radius 3 is 2.88 bits per heavy atom. The number of amides is 1. The number of anilines is 1. The highest BCUT2D eigenvalue weighted by molar-refractivity contribution is 5.95. The maximum absolute atomic E-state index is 13.1. The van der Waals surface area contributed by atoms with Crippen LogP contribution in [0.1, 0.15) is 6.42 Å². The molecule has 1 aromatic carbocycles. The fourth-order valence-electron chi connectivity index (χ4n) is 1.85. The highest BCUT2D eigenvalue weighted by Gasteiger charge is 2.29. The first-order valence-corrected chi connectivity index (χ1v) is 5.10. The minimum Gasteiger partial charge on any atom is -0.505 e. The molecule has 0 aromatic heterocycles. The van der Waals surface area contributed by atoms with Crippen LogP contribution in [0.15, 0.2) is 18.2 Å². The molecule has 1 aliphatic heterocycles. The van der Waals surface area contributed by atoms with Crippen molar-refractivity contribution in [2.45, 2.75) is 6.42 Å². The Labute approximate surface area is 92.5 Å². The van der Waals surface area contributed by atoms with E-state index in [4.69, 9.17) is 10.8 Å². The van der Waals surface area contributed by atoms with Crippen LogP contribution in [-0.2, 0) is 4.79 Å². The molecule has 1 amide bonds. The highest BCUT2D eigenvalue weighted by atomic mass is 19.1. The third kappa shape index (κ3) is 1.86. The molecule has 0 radical (unpaired) electrons. The number of nitrogens with two attached hydrogens (primary N) is 1. The van der Waals surface area contributed by atoms with E-state index in [9.17, 15) is 9.18 Å². The van der Waals surface area contributed by atoms with Gasteiger partial charge in [-0.1, -0.05) is 0 Å². The van der Waals surface area contributed by atoms with Crippen molar-refractivity contribution >= 4 is 11.6 Å². The van der Waals surface area contributed by atoms with E-state index >= 15 is 0 Å². The van der Waals surface area contributed by atoms with Crippen molar-refractivity contribution < 1.29 is 14.3 Å². The largest absolute Gasteiger partial charge is 0.505 e. The van der Waals surface area contributed by atoms with Gasteiger partial charge < -0.3 is 15.7 Å². The van der Waals surface area contributed by atoms with Crippen molar-refractivity contribution in [3.05, 3.63) is 24.0 Å². The zero-order chi connectivity index (χ0) is 11.7. The average molecular weight is 224 g/mol. The molecule has 4 nitrogen and oxygen atoms in total. The van der Waals surface area contributed by atoms with Gasteiger partial charge in [0.2, 0.25) is 5.91 Å². The summed E-state index contributed by atoms with van der Waals surface area (Å²) in [5.74, 6) is -1.06. The summed E-state index contributed by atoms with van der Waals surface area (Å²) in [4.78, 5) is 13.1. The van der Waals surface area contributed by atoms with Crippen LogP contribution in [0.5, 0.6) is 5.75 Å². The zero-order valence-electron chi connectivity index (χ0n) is 8.69. The number of benzene rings is 1. The Kier molecular flexibility index (Phi) is 2.78. The summed E-state index contributed by atoms with van der Waals surface area (Å²) in [7, 11) is 0. The second kappa shape index (κ2) is 4.09. The Morgan fingerprint density at radius 2 is 2.31 bits per heavy atom. The number of hydrogen-bond donors (Lipinski definition) is 2. The van der Waals surface area contributed by atoms with Crippen molar-refractivity contribution in [3.63, 3.8) is 0 Å². The molecule has 0 aliphatic carbocycles. The number of carbonyl (C=O) groups excluding carboxylic acids is 1. The Bertz CT molecular complexity index is 422. The van der Waals surface area contributed by atoms with E-state index in [0.717, 1.165) is 6.07 Å². The molecule has 0 spiro atoms. The van der Waals surface area contributed by atoms with Crippen molar-refractivity contribution in [2.24, 2.45) is 11.7 Å². The van der Waals surface area contributed by atoms with E-state index in [1.54, 1.807) is 0 Å². The number of aromatic hydroxyl groups is 1. The van der Waals surface area contributed by atoms with Crippen molar-refractivity contribution in [1.82, 2.24) is 0 Å². The molecule has 0 bridgehead atoms. The average Bonchev–Trinajstić information content (AvgIpc) is 2.64. The van der Waals surface area contributed by atoms with Gasteiger partial charge in [0.25, 0.3) is 0 Å². The maximum Gasteiger partial charge on any atom is 0.227 e. The molecule has 1 saturated heterocycles. The monoisotopic (exact) mass is 224 g/mol. The number of phenolic OH excluding ortho intramolecular Hbond substituents is 1. The number of phenols is 1. The summed E-state index contributed by atoms with van der Waals surface area (Å²) >= 11 is 0. The van der Waals surface area contributed by atoms with Crippen LogP contribution < -0.4 is 10.6 Å². The molecule has 0 saturated carbocycles. The molecule has 1 atom stereocenters. The molecule has 3 N–H and O–H groups in total. The normalized spacial score (nSPS) is 20.5. The molecule has 1 fully saturated rings. The standard InChI is InChI=1S/C11H13FN2O2/c12-9-4-8(1-2-10(9)15)14-6-7(5-13)3-11(14)16/h1-2,4,7,15H,3,5-6,13H2. The molecule has 86 valence electrons. The summed E-state index contributed by atoms with van der Waals surface area (Å²) in [5, 5.41) is 9.05. The Balaban J connectivity index is 2.24. The molecule has 1 aromatic rings. The lowest BCUT2D eigenvalue weighted by atomic mass is 10.1. The minimum absolute atomic E-state index is 0.0551. The van der Waals surface area contributed by atoms with Crippen molar-refractivity contribution in [3.8, 4) is 5.75 Å². The van der Waals surface area contributed by atoms with E-state index in [1.807, 2.05) is 0 Å². The summed E-state index contributed by atoms with van der Waals surface area (Å²) in [6.07, 6.45) is 0.402. The third-order valence-electron chi connectivity index (χ3n) is 2.78. The molecule has 5 heteroatoms. The van der Waals surface area contributed by atoms with Gasteiger partial charge in [-0.3, -0.25) is 4.79 Å². The maximum atomic E-state index is 13.1. The fourth-order valence-corrected chi connectivity index (χ4v) is 1.85. The van der Waals surface area contributed by atoms with Gasteiger partial charge in [0.1, 0.15) is 0 Å². The summed E-state index contributed by atoms with van der Waals surface area (Å²) in [6.45, 7) is 0.961. The lowest BCUT2D eigenvalue weighted by Gasteiger charge is -2.16. The van der Waals surface area contributed by atoms with Gasteiger partial charge in [0, 0.05) is 24.7 Å². The van der Waals surface area contributed by atoms with Crippen LogP contribution >= 0.6 is 0 Å². The molecule has 1 unspecified atom stereocenters. The third-order valence-corrected chi connectivity index (χ3v) is 2.78. The fraction of sp³-hybridized carbons (Fsp3) is 0.364. The lowest BCUT2D eigenvalue weighted by Crippen LogP contribution is -2.25. The Hall–Kier alpha value is -1.62. The number of rotatable bonds is 2. The van der Waals surface area contributed by atoms with E-state index in [0.29, 0.717) is 25.2 Å². The lowest BCUT2D eigenvalue weighted by molar-refractivity contribution is -0.117. The van der Waals surface area contributed by atoms with Crippen LogP contribution in [-0.4, -0.2) is 24.1 Å². The molecule has 1 aliphatic rings. The topological polar surface area (TPSA) is 66.6 Å². The summed E-state index contributed by atoms with van der Waals surface area (Å²) in [5.41, 5.74) is 5.97. The van der Waals surface area contributed by atoms with Crippen LogP contribution in [0.2, 0.25) is 0 Å². The van der Waals surface area contributed by atoms with Gasteiger partial charge in [0.15, 0.2) is 11.6 Å². The smallest absolute Gasteiger partial charge is 0.227 e. The number of nitrogens with zero attached hydrogens (tertiary/aromatic N) is 1. The molecule has 16 heavy (non-hydrogen) atoms. The number of halogens is 1. The summed E-state index contributed by atoms with van der Waals surface area (Å²) < 4.78 is 13.1. The second-order valence-corrected chi connectivity index (χ2v) is 3.95. The first kappa shape index (κ1) is 10.9. The van der Waals surface area contributed by atoms with Crippen LogP contribution in [0.4, 0.5) is 10.1 Å². The minimum atomic E-state index is -0.721. The number of hydrogen-bond acceptors (Lipinski definition) is 3. The van der Waals surface area contributed by atoms with Crippen LogP contribution in [0.3, 0.4) is 0 Å². The molecular formula is C11H13FN2O2. The Morgan fingerprint density at radius 1 is 1.56 bits per heavy atom. The second-order valence-electron chi connectivity index (χ2n) is 3.95. The van der Waals surface area contributed by atoms with E-state index in [1.165, 1.54) is 17.0 Å². The van der Waals surface area contributed by atoms with E-state index in [-0.39, 0.29) is 11.8 Å². The first-order chi connectivity index (χ1) is 7.61. The predicted octanol–water partition coefficient (Wildman–Crippen LogP) is 0.843. The number of carbonyl (C=O) groups is 1. The van der Waals surface area contributed by atoms with Gasteiger partial charge in [-0.2, -0.15) is 0 Å². The molecule has 1 heterocycles. The molecular weight excluding hydrogens is 211 g/mol. The highest BCUT2D eigenvalue weighted by Crippen LogP contribution is 2.27. The van der Waals surface area contributed by atoms with Crippen molar-refractivity contribution in [1.29, 1.82) is 0 Å². The van der Waals surface area contributed by atoms with Crippen molar-refractivity contribution in [2.75, 3.05) is 18.0 Å². The molecule has 2 rings (SSSR count). The quantitative estimate of drug-likeness (QED) is 0.782. The zero-order valence-corrected chi connectivity index (χ0v) is 8.69.